The molecule has 0 aliphatic rings. The summed E-state index contributed by atoms with van der Waals surface area (Å²) in [7, 11) is 0. The fourth-order valence-corrected chi connectivity index (χ4v) is 1.64. The van der Waals surface area contributed by atoms with Crippen molar-refractivity contribution in [2.75, 3.05) is 18.0 Å². The van der Waals surface area contributed by atoms with Gasteiger partial charge in [0.1, 0.15) is 0 Å². The first-order valence-electron chi connectivity index (χ1n) is 6.30. The highest BCUT2D eigenvalue weighted by Gasteiger charge is 2.12. The van der Waals surface area contributed by atoms with Crippen LogP contribution in [-0.4, -0.2) is 28.2 Å². The molecule has 0 aromatic carbocycles. The summed E-state index contributed by atoms with van der Waals surface area (Å²) in [6.45, 7) is 10.3. The predicted octanol–water partition coefficient (Wildman–Crippen LogP) is 2.15. The fraction of sp³-hybridized carbons (Fsp3) is 0.692. The Bertz CT molecular complexity index is 355. The van der Waals surface area contributed by atoms with Crippen LogP contribution < -0.4 is 4.90 Å². The topological polar surface area (TPSA) is 49.2 Å². The molecule has 0 aliphatic carbocycles. The summed E-state index contributed by atoms with van der Waals surface area (Å²) in [6.07, 6.45) is 2.88. The molecule has 0 radical (unpaired) electrons. The quantitative estimate of drug-likeness (QED) is 0.823. The highest BCUT2D eigenvalue weighted by atomic mass is 16.3. The molecule has 1 rings (SSSR count). The van der Waals surface area contributed by atoms with Gasteiger partial charge in [0.15, 0.2) is 0 Å². The molecule has 1 heterocycles. The molecule has 4 heteroatoms. The number of rotatable bonds is 6. The number of hydrogen-bond acceptors (Lipinski definition) is 4. The van der Waals surface area contributed by atoms with Crippen molar-refractivity contribution in [2.45, 2.75) is 40.7 Å². The van der Waals surface area contributed by atoms with Gasteiger partial charge >= 0.3 is 0 Å². The van der Waals surface area contributed by atoms with Crippen molar-refractivity contribution in [3.8, 4) is 0 Å². The van der Waals surface area contributed by atoms with Gasteiger partial charge in [-0.15, -0.1) is 0 Å². The zero-order chi connectivity index (χ0) is 12.8. The highest BCUT2D eigenvalue weighted by Crippen LogP contribution is 2.14. The Labute approximate surface area is 104 Å². The van der Waals surface area contributed by atoms with Crippen LogP contribution in [0.3, 0.4) is 0 Å². The van der Waals surface area contributed by atoms with Gasteiger partial charge in [-0.3, -0.25) is 0 Å². The van der Waals surface area contributed by atoms with Crippen molar-refractivity contribution in [1.82, 2.24) is 9.97 Å². The van der Waals surface area contributed by atoms with E-state index < -0.39 is 0 Å². The van der Waals surface area contributed by atoms with E-state index in [1.165, 1.54) is 0 Å². The van der Waals surface area contributed by atoms with Gasteiger partial charge in [-0.2, -0.15) is 0 Å². The van der Waals surface area contributed by atoms with Crippen LogP contribution in [0.15, 0.2) is 6.20 Å². The maximum atomic E-state index is 9.09. The molecule has 0 saturated heterocycles. The normalized spacial score (nSPS) is 12.5. The third-order valence-electron chi connectivity index (χ3n) is 3.13. The molecule has 0 fully saturated rings. The summed E-state index contributed by atoms with van der Waals surface area (Å²) in [5.41, 5.74) is 1.66. The van der Waals surface area contributed by atoms with E-state index in [2.05, 4.69) is 35.6 Å². The zero-order valence-corrected chi connectivity index (χ0v) is 11.3. The lowest BCUT2D eigenvalue weighted by molar-refractivity contribution is 0.280. The van der Waals surface area contributed by atoms with Crippen LogP contribution in [0, 0.1) is 12.8 Å². The standard InChI is InChI=1S/C13H23N3O/c1-5-10(3)8-16(6-2)13-14-7-12(9-17)11(4)15-13/h7,10,17H,5-6,8-9H2,1-4H3. The average molecular weight is 237 g/mol. The summed E-state index contributed by atoms with van der Waals surface area (Å²) in [5, 5.41) is 9.09. The van der Waals surface area contributed by atoms with E-state index in [0.717, 1.165) is 36.7 Å². The molecule has 1 unspecified atom stereocenters. The Balaban J connectivity index is 2.85. The third kappa shape index (κ3) is 3.66. The van der Waals surface area contributed by atoms with Crippen molar-refractivity contribution in [1.29, 1.82) is 0 Å². The summed E-state index contributed by atoms with van der Waals surface area (Å²) in [6, 6.07) is 0. The van der Waals surface area contributed by atoms with Crippen molar-refractivity contribution >= 4 is 5.95 Å². The van der Waals surface area contributed by atoms with Crippen LogP contribution in [0.4, 0.5) is 5.95 Å². The largest absolute Gasteiger partial charge is 0.392 e. The van der Waals surface area contributed by atoms with E-state index in [-0.39, 0.29) is 6.61 Å². The first-order valence-corrected chi connectivity index (χ1v) is 6.30. The van der Waals surface area contributed by atoms with Crippen LogP contribution in [0.2, 0.25) is 0 Å². The van der Waals surface area contributed by atoms with Gasteiger partial charge in [0.2, 0.25) is 5.95 Å². The van der Waals surface area contributed by atoms with Crippen LogP contribution in [0.1, 0.15) is 38.4 Å². The number of aromatic nitrogens is 2. The Kier molecular flexibility index (Phi) is 5.35. The van der Waals surface area contributed by atoms with Crippen molar-refractivity contribution in [2.24, 2.45) is 5.92 Å². The van der Waals surface area contributed by atoms with Crippen LogP contribution >= 0.6 is 0 Å². The van der Waals surface area contributed by atoms with Gasteiger partial charge in [-0.05, 0) is 19.8 Å². The molecule has 0 saturated carbocycles. The lowest BCUT2D eigenvalue weighted by atomic mass is 10.1. The molecule has 17 heavy (non-hydrogen) atoms. The van der Waals surface area contributed by atoms with E-state index >= 15 is 0 Å². The first kappa shape index (κ1) is 13.9. The molecule has 1 atom stereocenters. The number of hydrogen-bond donors (Lipinski definition) is 1. The molecule has 0 amide bonds. The van der Waals surface area contributed by atoms with Gasteiger partial charge in [0.25, 0.3) is 0 Å². The molecular weight excluding hydrogens is 214 g/mol. The maximum absolute atomic E-state index is 9.09. The number of aliphatic hydroxyl groups excluding tert-OH is 1. The minimum Gasteiger partial charge on any atom is -0.392 e. The van der Waals surface area contributed by atoms with E-state index in [9.17, 15) is 0 Å². The van der Waals surface area contributed by atoms with Gasteiger partial charge in [0, 0.05) is 30.5 Å². The summed E-state index contributed by atoms with van der Waals surface area (Å²) in [4.78, 5) is 11.0. The lowest BCUT2D eigenvalue weighted by Gasteiger charge is -2.24. The average Bonchev–Trinajstić information content (AvgIpc) is 2.35. The Morgan fingerprint density at radius 2 is 2.12 bits per heavy atom. The molecule has 0 spiro atoms. The van der Waals surface area contributed by atoms with Crippen molar-refractivity contribution in [3.63, 3.8) is 0 Å². The fourth-order valence-electron chi connectivity index (χ4n) is 1.64. The monoisotopic (exact) mass is 237 g/mol. The minimum absolute atomic E-state index is 0.00357. The molecular formula is C13H23N3O. The smallest absolute Gasteiger partial charge is 0.225 e. The van der Waals surface area contributed by atoms with Crippen molar-refractivity contribution in [3.05, 3.63) is 17.5 Å². The maximum Gasteiger partial charge on any atom is 0.225 e. The van der Waals surface area contributed by atoms with Gasteiger partial charge in [-0.1, -0.05) is 20.3 Å². The number of anilines is 1. The minimum atomic E-state index is 0.00357. The molecule has 1 aromatic heterocycles. The second-order valence-corrected chi connectivity index (χ2v) is 4.49. The number of aryl methyl sites for hydroxylation is 1. The summed E-state index contributed by atoms with van der Waals surface area (Å²) in [5.74, 6) is 1.40. The van der Waals surface area contributed by atoms with Gasteiger partial charge < -0.3 is 10.0 Å². The van der Waals surface area contributed by atoms with Crippen molar-refractivity contribution < 1.29 is 5.11 Å². The Morgan fingerprint density at radius 1 is 1.41 bits per heavy atom. The number of aliphatic hydroxyl groups is 1. The molecule has 1 N–H and O–H groups in total. The Morgan fingerprint density at radius 3 is 2.59 bits per heavy atom. The molecule has 4 nitrogen and oxygen atoms in total. The van der Waals surface area contributed by atoms with Crippen LogP contribution in [0.25, 0.3) is 0 Å². The predicted molar refractivity (Wildman–Crippen MR) is 70.0 cm³/mol. The second-order valence-electron chi connectivity index (χ2n) is 4.49. The first-order chi connectivity index (χ1) is 8.12. The molecule has 0 aliphatic heterocycles. The van der Waals surface area contributed by atoms with Crippen LogP contribution in [0.5, 0.6) is 0 Å². The van der Waals surface area contributed by atoms with Gasteiger partial charge in [-0.25, -0.2) is 9.97 Å². The summed E-state index contributed by atoms with van der Waals surface area (Å²) >= 11 is 0. The van der Waals surface area contributed by atoms with Crippen LogP contribution in [-0.2, 0) is 6.61 Å². The van der Waals surface area contributed by atoms with E-state index in [1.54, 1.807) is 6.20 Å². The molecule has 0 bridgehead atoms. The van der Waals surface area contributed by atoms with Gasteiger partial charge in [0.05, 0.1) is 6.61 Å². The highest BCUT2D eigenvalue weighted by molar-refractivity contribution is 5.32. The molecule has 1 aromatic rings. The van der Waals surface area contributed by atoms with E-state index in [1.807, 2.05) is 6.92 Å². The SMILES string of the molecule is CCC(C)CN(CC)c1ncc(CO)c(C)n1. The lowest BCUT2D eigenvalue weighted by Crippen LogP contribution is -2.30. The third-order valence-corrected chi connectivity index (χ3v) is 3.13. The molecule has 96 valence electrons. The van der Waals surface area contributed by atoms with E-state index in [4.69, 9.17) is 5.11 Å². The number of nitrogens with zero attached hydrogens (tertiary/aromatic N) is 3. The second kappa shape index (κ2) is 6.55. The summed E-state index contributed by atoms with van der Waals surface area (Å²) < 4.78 is 0. The Hall–Kier alpha value is -1.16. The van der Waals surface area contributed by atoms with E-state index in [0.29, 0.717) is 5.92 Å². The zero-order valence-electron chi connectivity index (χ0n) is 11.3.